The van der Waals surface area contributed by atoms with Crippen LogP contribution in [0, 0.1) is 18.5 Å². The summed E-state index contributed by atoms with van der Waals surface area (Å²) in [6, 6.07) is 13.3. The van der Waals surface area contributed by atoms with Gasteiger partial charge in [-0.3, -0.25) is 14.5 Å². The number of nitriles is 1. The summed E-state index contributed by atoms with van der Waals surface area (Å²) in [7, 11) is 0. The fourth-order valence-corrected chi connectivity index (χ4v) is 5.62. The second-order valence-corrected chi connectivity index (χ2v) is 9.27. The third-order valence-corrected chi connectivity index (χ3v) is 6.52. The minimum absolute atomic E-state index is 0.202. The molecule has 1 heterocycles. The summed E-state index contributed by atoms with van der Waals surface area (Å²) >= 11 is 5.29. The van der Waals surface area contributed by atoms with E-state index >= 15 is 0 Å². The quantitative estimate of drug-likeness (QED) is 0.238. The van der Waals surface area contributed by atoms with Crippen LogP contribution in [-0.2, 0) is 11.4 Å². The molecule has 0 bridgehead atoms. The van der Waals surface area contributed by atoms with Gasteiger partial charge in [0.15, 0.2) is 0 Å². The fraction of sp³-hybridized carbons (Fsp3) is 0.0952. The first kappa shape index (κ1) is 21.9. The van der Waals surface area contributed by atoms with E-state index in [0.29, 0.717) is 10.5 Å². The van der Waals surface area contributed by atoms with Crippen LogP contribution in [-0.4, -0.2) is 22.6 Å². The molecular formula is C21H14I2N2O3S. The first-order chi connectivity index (χ1) is 13.9. The van der Waals surface area contributed by atoms with E-state index in [1.54, 1.807) is 12.1 Å². The van der Waals surface area contributed by atoms with E-state index in [1.807, 2.05) is 30.3 Å². The van der Waals surface area contributed by atoms with Gasteiger partial charge in [-0.05, 0) is 86.8 Å². The zero-order valence-corrected chi connectivity index (χ0v) is 20.2. The predicted octanol–water partition coefficient (Wildman–Crippen LogP) is 5.57. The van der Waals surface area contributed by atoms with Crippen LogP contribution in [0.4, 0.5) is 4.79 Å². The Balaban J connectivity index is 1.81. The first-order valence-corrected chi connectivity index (χ1v) is 11.4. The number of nitrogens with zero attached hydrogens (tertiary/aromatic N) is 2. The summed E-state index contributed by atoms with van der Waals surface area (Å²) in [5, 5.41) is 8.92. The molecule has 1 saturated heterocycles. The van der Waals surface area contributed by atoms with E-state index in [4.69, 9.17) is 4.74 Å². The molecule has 8 heteroatoms. The largest absolute Gasteiger partial charge is 0.487 e. The van der Waals surface area contributed by atoms with E-state index < -0.39 is 0 Å². The summed E-state index contributed by atoms with van der Waals surface area (Å²) in [5.74, 6) is 0.411. The molecule has 0 spiro atoms. The topological polar surface area (TPSA) is 70.4 Å². The average Bonchev–Trinajstić information content (AvgIpc) is 2.95. The number of thioether (sulfide) groups is 1. The molecule has 0 saturated carbocycles. The molecule has 0 atom stereocenters. The van der Waals surface area contributed by atoms with Crippen LogP contribution in [0.25, 0.3) is 6.08 Å². The number of hydrogen-bond acceptors (Lipinski definition) is 5. The van der Waals surface area contributed by atoms with Crippen molar-refractivity contribution in [3.63, 3.8) is 0 Å². The Morgan fingerprint density at radius 1 is 1.21 bits per heavy atom. The number of benzene rings is 2. The molecular weight excluding hydrogens is 614 g/mol. The van der Waals surface area contributed by atoms with Crippen molar-refractivity contribution in [2.24, 2.45) is 0 Å². The Bertz CT molecular complexity index is 1050. The van der Waals surface area contributed by atoms with Gasteiger partial charge in [-0.25, -0.2) is 0 Å². The smallest absolute Gasteiger partial charge is 0.293 e. The number of carbonyl (C=O) groups is 2. The minimum Gasteiger partial charge on any atom is -0.487 e. The lowest BCUT2D eigenvalue weighted by atomic mass is 10.1. The fourth-order valence-electron chi connectivity index (χ4n) is 2.64. The highest BCUT2D eigenvalue weighted by molar-refractivity contribution is 14.1. The van der Waals surface area contributed by atoms with E-state index in [0.717, 1.165) is 35.8 Å². The zero-order valence-electron chi connectivity index (χ0n) is 15.0. The zero-order chi connectivity index (χ0) is 21.0. The molecule has 2 aromatic carbocycles. The number of ether oxygens (including phenoxy) is 1. The van der Waals surface area contributed by atoms with E-state index in [2.05, 4.69) is 57.8 Å². The monoisotopic (exact) mass is 628 g/mol. The third kappa shape index (κ3) is 5.02. The number of hydrogen-bond donors (Lipinski definition) is 0. The minimum atomic E-state index is -0.307. The van der Waals surface area contributed by atoms with E-state index in [9.17, 15) is 14.9 Å². The maximum atomic E-state index is 12.4. The van der Waals surface area contributed by atoms with Gasteiger partial charge in [-0.15, -0.1) is 6.58 Å². The van der Waals surface area contributed by atoms with Crippen LogP contribution in [0.1, 0.15) is 16.7 Å². The molecule has 1 aliphatic rings. The lowest BCUT2D eigenvalue weighted by Gasteiger charge is -2.12. The van der Waals surface area contributed by atoms with Gasteiger partial charge in [0, 0.05) is 12.1 Å². The summed E-state index contributed by atoms with van der Waals surface area (Å²) in [4.78, 5) is 25.9. The second-order valence-electron chi connectivity index (χ2n) is 5.95. The molecule has 0 unspecified atom stereocenters. The average molecular weight is 628 g/mol. The lowest BCUT2D eigenvalue weighted by molar-refractivity contribution is -0.122. The van der Waals surface area contributed by atoms with Gasteiger partial charge in [-0.1, -0.05) is 24.3 Å². The SMILES string of the molecule is C=CCN1C(=O)S/C(=C/c2cc(I)c(OCc3ccccc3C#N)c(I)c2)C1=O. The maximum Gasteiger partial charge on any atom is 0.293 e. The number of amides is 2. The first-order valence-electron chi connectivity index (χ1n) is 8.40. The number of rotatable bonds is 6. The van der Waals surface area contributed by atoms with Crippen LogP contribution >= 0.6 is 56.9 Å². The van der Waals surface area contributed by atoms with Crippen molar-refractivity contribution in [1.82, 2.24) is 4.90 Å². The molecule has 146 valence electrons. The van der Waals surface area contributed by atoms with E-state index in [1.165, 1.54) is 11.0 Å². The van der Waals surface area contributed by atoms with Crippen LogP contribution in [0.3, 0.4) is 0 Å². The normalized spacial score (nSPS) is 14.9. The number of carbonyl (C=O) groups excluding carboxylic acids is 2. The predicted molar refractivity (Wildman–Crippen MR) is 130 cm³/mol. The van der Waals surface area contributed by atoms with Crippen molar-refractivity contribution in [3.05, 3.63) is 77.8 Å². The molecule has 2 amide bonds. The van der Waals surface area contributed by atoms with Crippen molar-refractivity contribution in [3.8, 4) is 11.8 Å². The second kappa shape index (κ2) is 9.77. The Kier molecular flexibility index (Phi) is 7.37. The molecule has 1 fully saturated rings. The van der Waals surface area contributed by atoms with Gasteiger partial charge in [0.25, 0.3) is 11.1 Å². The Morgan fingerprint density at radius 3 is 2.55 bits per heavy atom. The van der Waals surface area contributed by atoms with Gasteiger partial charge in [0.2, 0.25) is 0 Å². The van der Waals surface area contributed by atoms with Crippen LogP contribution in [0.5, 0.6) is 5.75 Å². The summed E-state index contributed by atoms with van der Waals surface area (Å²) < 4.78 is 7.73. The van der Waals surface area contributed by atoms with Crippen LogP contribution in [0.2, 0.25) is 0 Å². The summed E-state index contributed by atoms with van der Waals surface area (Å²) in [5.41, 5.74) is 2.22. The van der Waals surface area contributed by atoms with Gasteiger partial charge < -0.3 is 4.74 Å². The summed E-state index contributed by atoms with van der Waals surface area (Å²) in [6.45, 7) is 4.07. The molecule has 0 N–H and O–H groups in total. The Morgan fingerprint density at radius 2 is 1.90 bits per heavy atom. The Hall–Kier alpha value is -1.84. The summed E-state index contributed by atoms with van der Waals surface area (Å²) in [6.07, 6.45) is 3.24. The highest BCUT2D eigenvalue weighted by Crippen LogP contribution is 2.35. The maximum absolute atomic E-state index is 12.4. The van der Waals surface area contributed by atoms with Gasteiger partial charge in [0.1, 0.15) is 12.4 Å². The highest BCUT2D eigenvalue weighted by atomic mass is 127. The van der Waals surface area contributed by atoms with Gasteiger partial charge in [-0.2, -0.15) is 5.26 Å². The van der Waals surface area contributed by atoms with E-state index in [-0.39, 0.29) is 24.3 Å². The Labute approximate surface area is 200 Å². The molecule has 0 radical (unpaired) electrons. The standard InChI is InChI=1S/C21H14I2N2O3S/c1-2-7-25-20(26)18(29-21(25)27)10-13-8-16(22)19(17(23)9-13)28-12-15-6-4-3-5-14(15)11-24/h2-6,8-10H,1,7,12H2/b18-10+. The van der Waals surface area contributed by atoms with Crippen molar-refractivity contribution >= 4 is 74.2 Å². The van der Waals surface area contributed by atoms with Crippen molar-refractivity contribution in [2.75, 3.05) is 6.54 Å². The highest BCUT2D eigenvalue weighted by Gasteiger charge is 2.34. The molecule has 1 aliphatic heterocycles. The molecule has 5 nitrogen and oxygen atoms in total. The molecule has 0 aliphatic carbocycles. The molecule has 2 aromatic rings. The van der Waals surface area contributed by atoms with Crippen molar-refractivity contribution < 1.29 is 14.3 Å². The third-order valence-electron chi connectivity index (χ3n) is 4.01. The van der Waals surface area contributed by atoms with Crippen LogP contribution in [0.15, 0.2) is 54.0 Å². The number of imide groups is 1. The van der Waals surface area contributed by atoms with Crippen molar-refractivity contribution in [2.45, 2.75) is 6.61 Å². The molecule has 3 rings (SSSR count). The lowest BCUT2D eigenvalue weighted by Crippen LogP contribution is -2.27. The van der Waals surface area contributed by atoms with Gasteiger partial charge in [0.05, 0.1) is 23.7 Å². The molecule has 0 aromatic heterocycles. The number of halogens is 2. The molecule has 29 heavy (non-hydrogen) atoms. The van der Waals surface area contributed by atoms with Gasteiger partial charge >= 0.3 is 0 Å². The van der Waals surface area contributed by atoms with Crippen molar-refractivity contribution in [1.29, 1.82) is 5.26 Å². The van der Waals surface area contributed by atoms with Crippen LogP contribution < -0.4 is 4.74 Å².